The van der Waals surface area contributed by atoms with Crippen molar-refractivity contribution in [1.82, 2.24) is 0 Å². The van der Waals surface area contributed by atoms with Gasteiger partial charge < -0.3 is 9.47 Å². The van der Waals surface area contributed by atoms with Gasteiger partial charge in [-0.3, -0.25) is 9.59 Å². The first-order valence-corrected chi connectivity index (χ1v) is 6.77. The van der Waals surface area contributed by atoms with Crippen LogP contribution in [0.3, 0.4) is 0 Å². The van der Waals surface area contributed by atoms with Crippen LogP contribution < -0.4 is 0 Å². The molecular formula is C16H19NO4. The maximum Gasteiger partial charge on any atom is 0.326 e. The van der Waals surface area contributed by atoms with E-state index in [2.05, 4.69) is 4.74 Å². The Morgan fingerprint density at radius 1 is 1.29 bits per heavy atom. The minimum Gasteiger partial charge on any atom is -0.469 e. The van der Waals surface area contributed by atoms with Gasteiger partial charge in [-0.2, -0.15) is 5.26 Å². The van der Waals surface area contributed by atoms with Gasteiger partial charge in [0, 0.05) is 12.8 Å². The molecule has 0 heterocycles. The lowest BCUT2D eigenvalue weighted by Crippen LogP contribution is -2.34. The molecule has 5 nitrogen and oxygen atoms in total. The standard InChI is InChI=1S/C16H19NO4/c1-3-21-15(19)16(12-17,10-9-14(18)20-2)11-13-7-5-4-6-8-13/h4-8H,3,9-11H2,1-2H3. The predicted molar refractivity (Wildman–Crippen MR) is 76.1 cm³/mol. The van der Waals surface area contributed by atoms with Crippen LogP contribution in [0, 0.1) is 16.7 Å². The number of rotatable bonds is 7. The van der Waals surface area contributed by atoms with Gasteiger partial charge in [-0.05, 0) is 18.9 Å². The van der Waals surface area contributed by atoms with Crippen LogP contribution in [0.25, 0.3) is 0 Å². The van der Waals surface area contributed by atoms with E-state index in [0.717, 1.165) is 5.56 Å². The third kappa shape index (κ3) is 4.60. The third-order valence-corrected chi connectivity index (χ3v) is 3.21. The highest BCUT2D eigenvalue weighted by atomic mass is 16.5. The van der Waals surface area contributed by atoms with Gasteiger partial charge in [-0.15, -0.1) is 0 Å². The molecule has 0 fully saturated rings. The van der Waals surface area contributed by atoms with Crippen molar-refractivity contribution < 1.29 is 19.1 Å². The predicted octanol–water partition coefficient (Wildman–Crippen LogP) is 2.26. The Morgan fingerprint density at radius 3 is 2.48 bits per heavy atom. The van der Waals surface area contributed by atoms with Crippen molar-refractivity contribution in [2.45, 2.75) is 26.2 Å². The molecule has 1 rings (SSSR count). The zero-order chi connectivity index (χ0) is 15.7. The summed E-state index contributed by atoms with van der Waals surface area (Å²) in [4.78, 5) is 23.5. The zero-order valence-electron chi connectivity index (χ0n) is 12.3. The van der Waals surface area contributed by atoms with E-state index >= 15 is 0 Å². The summed E-state index contributed by atoms with van der Waals surface area (Å²) in [6, 6.07) is 11.2. The first kappa shape index (κ1) is 16.7. The lowest BCUT2D eigenvalue weighted by atomic mass is 9.79. The fourth-order valence-corrected chi connectivity index (χ4v) is 2.03. The molecule has 0 saturated heterocycles. The van der Waals surface area contributed by atoms with Gasteiger partial charge in [0.25, 0.3) is 0 Å². The van der Waals surface area contributed by atoms with Gasteiger partial charge in [-0.25, -0.2) is 0 Å². The maximum atomic E-state index is 12.2. The Bertz CT molecular complexity index is 521. The number of hydrogen-bond donors (Lipinski definition) is 0. The van der Waals surface area contributed by atoms with Gasteiger partial charge >= 0.3 is 11.9 Å². The molecule has 0 amide bonds. The lowest BCUT2D eigenvalue weighted by molar-refractivity contribution is -0.153. The average Bonchev–Trinajstić information content (AvgIpc) is 2.52. The van der Waals surface area contributed by atoms with Crippen LogP contribution in [0.5, 0.6) is 0 Å². The van der Waals surface area contributed by atoms with Crippen LogP contribution in [-0.2, 0) is 25.5 Å². The largest absolute Gasteiger partial charge is 0.469 e. The van der Waals surface area contributed by atoms with E-state index in [9.17, 15) is 14.9 Å². The second kappa shape index (κ2) is 8.05. The molecule has 21 heavy (non-hydrogen) atoms. The smallest absolute Gasteiger partial charge is 0.326 e. The quantitative estimate of drug-likeness (QED) is 0.720. The molecule has 5 heteroatoms. The van der Waals surface area contributed by atoms with Crippen molar-refractivity contribution in [3.05, 3.63) is 35.9 Å². The van der Waals surface area contributed by atoms with Crippen LogP contribution in [0.15, 0.2) is 30.3 Å². The minimum absolute atomic E-state index is 0.00426. The second-order valence-corrected chi connectivity index (χ2v) is 4.65. The number of carbonyl (C=O) groups excluding carboxylic acids is 2. The second-order valence-electron chi connectivity index (χ2n) is 4.65. The van der Waals surface area contributed by atoms with Gasteiger partial charge in [0.15, 0.2) is 5.41 Å². The van der Waals surface area contributed by atoms with Crippen LogP contribution in [-0.4, -0.2) is 25.7 Å². The molecule has 0 aliphatic carbocycles. The number of carbonyl (C=O) groups is 2. The molecule has 0 spiro atoms. The van der Waals surface area contributed by atoms with E-state index in [1.807, 2.05) is 36.4 Å². The Labute approximate surface area is 124 Å². The monoisotopic (exact) mass is 289 g/mol. The molecule has 1 aromatic carbocycles. The highest BCUT2D eigenvalue weighted by Gasteiger charge is 2.40. The number of ether oxygens (including phenoxy) is 2. The molecule has 1 aromatic rings. The van der Waals surface area contributed by atoms with Crippen molar-refractivity contribution in [2.75, 3.05) is 13.7 Å². The molecule has 0 aliphatic heterocycles. The molecule has 1 atom stereocenters. The van der Waals surface area contributed by atoms with Gasteiger partial charge in [0.1, 0.15) is 0 Å². The van der Waals surface area contributed by atoms with Crippen molar-refractivity contribution >= 4 is 11.9 Å². The minimum atomic E-state index is -1.37. The van der Waals surface area contributed by atoms with Crippen molar-refractivity contribution in [3.8, 4) is 6.07 Å². The SMILES string of the molecule is CCOC(=O)C(C#N)(CCC(=O)OC)Cc1ccccc1. The van der Waals surface area contributed by atoms with Crippen LogP contribution in [0.4, 0.5) is 0 Å². The van der Waals surface area contributed by atoms with E-state index in [-0.39, 0.29) is 25.9 Å². The summed E-state index contributed by atoms with van der Waals surface area (Å²) in [6.07, 6.45) is 0.278. The number of nitrogens with zero attached hydrogens (tertiary/aromatic N) is 1. The lowest BCUT2D eigenvalue weighted by Gasteiger charge is -2.24. The Hall–Kier alpha value is -2.35. The molecular weight excluding hydrogens is 270 g/mol. The van der Waals surface area contributed by atoms with Gasteiger partial charge in [0.05, 0.1) is 19.8 Å². The average molecular weight is 289 g/mol. The molecule has 112 valence electrons. The summed E-state index contributed by atoms with van der Waals surface area (Å²) >= 11 is 0. The Balaban J connectivity index is 2.99. The number of benzene rings is 1. The topological polar surface area (TPSA) is 76.4 Å². The third-order valence-electron chi connectivity index (χ3n) is 3.21. The maximum absolute atomic E-state index is 12.2. The summed E-state index contributed by atoms with van der Waals surface area (Å²) < 4.78 is 9.60. The normalized spacial score (nSPS) is 12.8. The van der Waals surface area contributed by atoms with E-state index in [4.69, 9.17) is 4.74 Å². The molecule has 1 unspecified atom stereocenters. The number of nitriles is 1. The van der Waals surface area contributed by atoms with Crippen molar-refractivity contribution in [2.24, 2.45) is 5.41 Å². The molecule has 0 saturated carbocycles. The summed E-state index contributed by atoms with van der Waals surface area (Å²) in [5, 5.41) is 9.52. The number of hydrogen-bond acceptors (Lipinski definition) is 5. The van der Waals surface area contributed by atoms with Crippen LogP contribution in [0.2, 0.25) is 0 Å². The summed E-state index contributed by atoms with van der Waals surface area (Å²) in [5.74, 6) is -1.05. The van der Waals surface area contributed by atoms with E-state index in [1.54, 1.807) is 6.92 Å². The number of methoxy groups -OCH3 is 1. The van der Waals surface area contributed by atoms with E-state index in [1.165, 1.54) is 7.11 Å². The Kier molecular flexibility index (Phi) is 6.41. The van der Waals surface area contributed by atoms with Gasteiger partial charge in [-0.1, -0.05) is 30.3 Å². The van der Waals surface area contributed by atoms with Crippen molar-refractivity contribution in [1.29, 1.82) is 5.26 Å². The highest BCUT2D eigenvalue weighted by Crippen LogP contribution is 2.30. The fourth-order valence-electron chi connectivity index (χ4n) is 2.03. The Morgan fingerprint density at radius 2 is 1.95 bits per heavy atom. The van der Waals surface area contributed by atoms with E-state index < -0.39 is 17.4 Å². The van der Waals surface area contributed by atoms with E-state index in [0.29, 0.717) is 0 Å². The first-order chi connectivity index (χ1) is 10.1. The molecule has 0 radical (unpaired) electrons. The molecule has 0 bridgehead atoms. The van der Waals surface area contributed by atoms with Crippen LogP contribution in [0.1, 0.15) is 25.3 Å². The summed E-state index contributed by atoms with van der Waals surface area (Å²) in [7, 11) is 1.28. The number of esters is 2. The fraction of sp³-hybridized carbons (Fsp3) is 0.438. The van der Waals surface area contributed by atoms with Gasteiger partial charge in [0.2, 0.25) is 0 Å². The molecule has 0 aromatic heterocycles. The zero-order valence-corrected chi connectivity index (χ0v) is 12.3. The van der Waals surface area contributed by atoms with Crippen LogP contribution >= 0.6 is 0 Å². The molecule has 0 N–H and O–H groups in total. The summed E-state index contributed by atoms with van der Waals surface area (Å²) in [6.45, 7) is 1.87. The molecule has 0 aliphatic rings. The first-order valence-electron chi connectivity index (χ1n) is 6.77. The van der Waals surface area contributed by atoms with Crippen molar-refractivity contribution in [3.63, 3.8) is 0 Å². The summed E-state index contributed by atoms with van der Waals surface area (Å²) in [5.41, 5.74) is -0.525. The highest BCUT2D eigenvalue weighted by molar-refractivity contribution is 5.81.